The van der Waals surface area contributed by atoms with Gasteiger partial charge < -0.3 is 9.47 Å². The molecule has 4 nitrogen and oxygen atoms in total. The van der Waals surface area contributed by atoms with E-state index in [4.69, 9.17) is 9.47 Å². The van der Waals surface area contributed by atoms with Crippen molar-refractivity contribution >= 4 is 11.9 Å². The van der Waals surface area contributed by atoms with Gasteiger partial charge in [0.1, 0.15) is 12.2 Å². The van der Waals surface area contributed by atoms with Crippen molar-refractivity contribution in [3.63, 3.8) is 0 Å². The second-order valence-electron chi connectivity index (χ2n) is 10.8. The van der Waals surface area contributed by atoms with Crippen LogP contribution in [0.2, 0.25) is 0 Å². The number of ether oxygens (including phenoxy) is 2. The van der Waals surface area contributed by atoms with Gasteiger partial charge in [-0.15, -0.1) is 0 Å². The average molecular weight is 375 g/mol. The van der Waals surface area contributed by atoms with Crippen molar-refractivity contribution < 1.29 is 19.1 Å². The predicted molar refractivity (Wildman–Crippen MR) is 101 cm³/mol. The summed E-state index contributed by atoms with van der Waals surface area (Å²) in [6, 6.07) is 0. The van der Waals surface area contributed by atoms with Crippen LogP contribution in [0.4, 0.5) is 0 Å². The summed E-state index contributed by atoms with van der Waals surface area (Å²) >= 11 is 0. The molecule has 27 heavy (non-hydrogen) atoms. The first kappa shape index (κ1) is 18.0. The molecule has 5 fully saturated rings. The van der Waals surface area contributed by atoms with Crippen LogP contribution in [0.1, 0.15) is 79.1 Å². The zero-order valence-electron chi connectivity index (χ0n) is 17.3. The first-order chi connectivity index (χ1) is 12.7. The van der Waals surface area contributed by atoms with E-state index in [1.54, 1.807) is 6.92 Å². The summed E-state index contributed by atoms with van der Waals surface area (Å²) in [6.07, 6.45) is 9.63. The third-order valence-corrected chi connectivity index (χ3v) is 10.1. The molecule has 1 spiro atoms. The van der Waals surface area contributed by atoms with Gasteiger partial charge >= 0.3 is 11.9 Å². The van der Waals surface area contributed by atoms with Crippen molar-refractivity contribution in [2.45, 2.75) is 91.3 Å². The second kappa shape index (κ2) is 5.51. The lowest BCUT2D eigenvalue weighted by molar-refractivity contribution is -0.187. The molecular weight excluding hydrogens is 340 g/mol. The molecule has 9 atom stereocenters. The molecule has 0 aromatic rings. The highest BCUT2D eigenvalue weighted by Crippen LogP contribution is 2.82. The Bertz CT molecular complexity index is 688. The molecule has 0 aromatic heterocycles. The van der Waals surface area contributed by atoms with E-state index in [0.29, 0.717) is 17.3 Å². The Morgan fingerprint density at radius 1 is 0.852 bits per heavy atom. The molecule has 5 aliphatic rings. The Morgan fingerprint density at radius 2 is 1.56 bits per heavy atom. The Hall–Kier alpha value is -1.06. The largest absolute Gasteiger partial charge is 0.462 e. The quantitative estimate of drug-likeness (QED) is 0.668. The van der Waals surface area contributed by atoms with Crippen LogP contribution in [-0.2, 0) is 19.1 Å². The molecule has 5 rings (SSSR count). The summed E-state index contributed by atoms with van der Waals surface area (Å²) < 4.78 is 11.8. The van der Waals surface area contributed by atoms with Crippen molar-refractivity contribution in [1.82, 2.24) is 0 Å². The highest BCUT2D eigenvalue weighted by molar-refractivity contribution is 5.66. The lowest BCUT2D eigenvalue weighted by Gasteiger charge is -2.60. The van der Waals surface area contributed by atoms with E-state index in [1.165, 1.54) is 39.0 Å². The number of carbonyl (C=O) groups is 2. The maximum atomic E-state index is 11.9. The number of hydrogen-bond donors (Lipinski definition) is 0. The molecule has 0 heterocycles. The molecule has 5 saturated carbocycles. The first-order valence-electron chi connectivity index (χ1n) is 11.1. The highest BCUT2D eigenvalue weighted by Gasteiger charge is 2.78. The van der Waals surface area contributed by atoms with Crippen LogP contribution in [0.5, 0.6) is 0 Å². The second-order valence-corrected chi connectivity index (χ2v) is 10.8. The Kier molecular flexibility index (Phi) is 3.67. The number of rotatable bonds is 2. The molecule has 0 unspecified atom stereocenters. The lowest BCUT2D eigenvalue weighted by Crippen LogP contribution is -2.57. The van der Waals surface area contributed by atoms with Gasteiger partial charge in [-0.3, -0.25) is 9.59 Å². The highest BCUT2D eigenvalue weighted by atomic mass is 16.5. The molecule has 0 aliphatic heterocycles. The van der Waals surface area contributed by atoms with Crippen molar-refractivity contribution in [3.05, 3.63) is 0 Å². The van der Waals surface area contributed by atoms with Crippen LogP contribution >= 0.6 is 0 Å². The molecule has 5 aliphatic carbocycles. The molecule has 4 heteroatoms. The van der Waals surface area contributed by atoms with Crippen LogP contribution in [0, 0.1) is 39.9 Å². The van der Waals surface area contributed by atoms with Gasteiger partial charge in [-0.1, -0.05) is 13.8 Å². The van der Waals surface area contributed by atoms with E-state index in [9.17, 15) is 9.59 Å². The van der Waals surface area contributed by atoms with Gasteiger partial charge in [0.05, 0.1) is 0 Å². The van der Waals surface area contributed by atoms with E-state index in [1.807, 2.05) is 0 Å². The smallest absolute Gasteiger partial charge is 0.302 e. The molecule has 150 valence electrons. The van der Waals surface area contributed by atoms with Crippen LogP contribution in [0.15, 0.2) is 0 Å². The Labute approximate surface area is 162 Å². The Balaban J connectivity index is 1.48. The minimum absolute atomic E-state index is 0.0640. The molecular formula is C23H34O4. The Morgan fingerprint density at radius 3 is 2.22 bits per heavy atom. The van der Waals surface area contributed by atoms with Crippen LogP contribution < -0.4 is 0 Å². The fourth-order valence-corrected chi connectivity index (χ4v) is 8.97. The van der Waals surface area contributed by atoms with Gasteiger partial charge in [0, 0.05) is 24.7 Å². The van der Waals surface area contributed by atoms with Gasteiger partial charge in [0.25, 0.3) is 0 Å². The van der Waals surface area contributed by atoms with Crippen molar-refractivity contribution in [1.29, 1.82) is 0 Å². The van der Waals surface area contributed by atoms with Gasteiger partial charge in [-0.25, -0.2) is 0 Å². The number of esters is 2. The van der Waals surface area contributed by atoms with E-state index in [0.717, 1.165) is 31.1 Å². The van der Waals surface area contributed by atoms with Crippen LogP contribution in [0.25, 0.3) is 0 Å². The summed E-state index contributed by atoms with van der Waals surface area (Å²) in [5.41, 5.74) is 0.680. The van der Waals surface area contributed by atoms with Gasteiger partial charge in [0.15, 0.2) is 0 Å². The van der Waals surface area contributed by atoms with E-state index < -0.39 is 0 Å². The lowest BCUT2D eigenvalue weighted by atomic mass is 9.46. The first-order valence-corrected chi connectivity index (χ1v) is 11.1. The minimum atomic E-state index is -0.145. The third-order valence-electron chi connectivity index (χ3n) is 10.1. The predicted octanol–water partition coefficient (Wildman–Crippen LogP) is 4.50. The average Bonchev–Trinajstić information content (AvgIpc) is 3.12. The standard InChI is InChI=1S/C23H34O4/c1-13(24)26-19-6-5-17-16-11-20(27-14(2)25)23-12-15(23)7-10-22(23,4)18(16)8-9-21(17,19)3/h15-20H,5-12H2,1-4H3/t15-,16+,17+,18+,19+,20-,21+,22-,23+/m1/s1. The molecule has 0 N–H and O–H groups in total. The van der Waals surface area contributed by atoms with Crippen molar-refractivity contribution in [3.8, 4) is 0 Å². The zero-order chi connectivity index (χ0) is 19.2. The monoisotopic (exact) mass is 374 g/mol. The fraction of sp³-hybridized carbons (Fsp3) is 0.913. The number of carbonyl (C=O) groups excluding carboxylic acids is 2. The van der Waals surface area contributed by atoms with Crippen molar-refractivity contribution in [2.24, 2.45) is 39.9 Å². The molecule has 0 bridgehead atoms. The van der Waals surface area contributed by atoms with Crippen LogP contribution in [0.3, 0.4) is 0 Å². The van der Waals surface area contributed by atoms with E-state index in [-0.39, 0.29) is 35.0 Å². The normalized spacial score (nSPS) is 55.0. The molecule has 0 amide bonds. The fourth-order valence-electron chi connectivity index (χ4n) is 8.97. The summed E-state index contributed by atoms with van der Waals surface area (Å²) in [7, 11) is 0. The van der Waals surface area contributed by atoms with Gasteiger partial charge in [0.2, 0.25) is 0 Å². The minimum Gasteiger partial charge on any atom is -0.462 e. The molecule has 0 radical (unpaired) electrons. The number of hydrogen-bond acceptors (Lipinski definition) is 4. The zero-order valence-corrected chi connectivity index (χ0v) is 17.3. The maximum Gasteiger partial charge on any atom is 0.302 e. The SMILES string of the molecule is CC(=O)O[C@H]1CC[C@H]2[C@@H]3C[C@@H](OC(C)=O)[C@]45C[C@H]4CC[C@]5(C)[C@H]3CC[C@]12C. The maximum absolute atomic E-state index is 11.9. The summed E-state index contributed by atoms with van der Waals surface area (Å²) in [4.78, 5) is 23.6. The molecule has 0 saturated heterocycles. The number of fused-ring (bicyclic) bond motifs is 4. The van der Waals surface area contributed by atoms with Crippen LogP contribution in [-0.4, -0.2) is 24.1 Å². The van der Waals surface area contributed by atoms with Gasteiger partial charge in [-0.05, 0) is 80.5 Å². The topological polar surface area (TPSA) is 52.6 Å². The summed E-state index contributed by atoms with van der Waals surface area (Å²) in [5, 5.41) is 0. The van der Waals surface area contributed by atoms with Crippen molar-refractivity contribution in [2.75, 3.05) is 0 Å². The summed E-state index contributed by atoms with van der Waals surface area (Å²) in [6.45, 7) is 7.99. The molecule has 0 aromatic carbocycles. The summed E-state index contributed by atoms with van der Waals surface area (Å²) in [5.74, 6) is 2.45. The van der Waals surface area contributed by atoms with E-state index >= 15 is 0 Å². The van der Waals surface area contributed by atoms with E-state index in [2.05, 4.69) is 13.8 Å². The third kappa shape index (κ3) is 2.16. The van der Waals surface area contributed by atoms with Gasteiger partial charge in [-0.2, -0.15) is 0 Å².